The van der Waals surface area contributed by atoms with Crippen LogP contribution in [0.1, 0.15) is 11.6 Å². The molecule has 0 saturated carbocycles. The monoisotopic (exact) mass is 222 g/mol. The standard InChI is InChI=1S/C15H14N2/c1-2-15-16-10-14(17-15)13-9-5-7-11-6-3-4-8-12(11)13/h2-9,14H,1,10H2,(H,16,17). The summed E-state index contributed by atoms with van der Waals surface area (Å²) in [6.07, 6.45) is 1.77. The highest BCUT2D eigenvalue weighted by Crippen LogP contribution is 2.26. The quantitative estimate of drug-likeness (QED) is 0.829. The van der Waals surface area contributed by atoms with Crippen molar-refractivity contribution >= 4 is 16.6 Å². The van der Waals surface area contributed by atoms with E-state index in [0.29, 0.717) is 0 Å². The minimum absolute atomic E-state index is 0.272. The number of rotatable bonds is 2. The molecule has 0 aromatic heterocycles. The summed E-state index contributed by atoms with van der Waals surface area (Å²) in [6.45, 7) is 4.53. The molecule has 1 heterocycles. The molecule has 0 spiro atoms. The zero-order chi connectivity index (χ0) is 11.7. The Morgan fingerprint density at radius 3 is 2.82 bits per heavy atom. The van der Waals surface area contributed by atoms with Crippen molar-refractivity contribution in [3.63, 3.8) is 0 Å². The van der Waals surface area contributed by atoms with Crippen LogP contribution >= 0.6 is 0 Å². The van der Waals surface area contributed by atoms with Crippen LogP contribution in [0.5, 0.6) is 0 Å². The maximum Gasteiger partial charge on any atom is 0.120 e. The van der Waals surface area contributed by atoms with Gasteiger partial charge in [-0.15, -0.1) is 0 Å². The molecule has 2 heteroatoms. The van der Waals surface area contributed by atoms with Crippen molar-refractivity contribution in [3.05, 3.63) is 60.7 Å². The first-order valence-electron chi connectivity index (χ1n) is 5.79. The molecule has 1 aliphatic rings. The number of aliphatic imine (C=N–C) groups is 1. The number of hydrogen-bond acceptors (Lipinski definition) is 2. The van der Waals surface area contributed by atoms with Crippen LogP contribution < -0.4 is 5.32 Å². The van der Waals surface area contributed by atoms with Gasteiger partial charge in [0.25, 0.3) is 0 Å². The van der Waals surface area contributed by atoms with Crippen molar-refractivity contribution in [2.24, 2.45) is 4.99 Å². The molecule has 0 bridgehead atoms. The van der Waals surface area contributed by atoms with Crippen LogP contribution in [-0.4, -0.2) is 12.4 Å². The first-order chi connectivity index (χ1) is 8.38. The van der Waals surface area contributed by atoms with Crippen molar-refractivity contribution in [1.82, 2.24) is 5.32 Å². The topological polar surface area (TPSA) is 24.4 Å². The van der Waals surface area contributed by atoms with Gasteiger partial charge in [-0.1, -0.05) is 49.0 Å². The summed E-state index contributed by atoms with van der Waals surface area (Å²) >= 11 is 0. The van der Waals surface area contributed by atoms with Crippen LogP contribution in [0, 0.1) is 0 Å². The molecule has 1 atom stereocenters. The molecule has 2 aromatic rings. The molecule has 0 amide bonds. The van der Waals surface area contributed by atoms with Gasteiger partial charge in [-0.3, -0.25) is 4.99 Å². The Morgan fingerprint density at radius 1 is 1.18 bits per heavy atom. The fourth-order valence-electron chi connectivity index (χ4n) is 2.31. The van der Waals surface area contributed by atoms with Crippen molar-refractivity contribution < 1.29 is 0 Å². The Kier molecular flexibility index (Phi) is 2.41. The Morgan fingerprint density at radius 2 is 2.00 bits per heavy atom. The maximum absolute atomic E-state index is 4.41. The normalized spacial score (nSPS) is 18.8. The van der Waals surface area contributed by atoms with E-state index in [0.717, 1.165) is 12.4 Å². The van der Waals surface area contributed by atoms with Gasteiger partial charge < -0.3 is 5.32 Å². The average Bonchev–Trinajstić information content (AvgIpc) is 2.87. The molecule has 0 aliphatic carbocycles. The number of hydrogen-bond donors (Lipinski definition) is 1. The van der Waals surface area contributed by atoms with Crippen LogP contribution in [0.25, 0.3) is 10.8 Å². The third-order valence-corrected chi connectivity index (χ3v) is 3.16. The Labute approximate surface area is 101 Å². The van der Waals surface area contributed by atoms with Crippen molar-refractivity contribution in [2.75, 3.05) is 6.54 Å². The maximum atomic E-state index is 4.41. The number of nitrogens with zero attached hydrogens (tertiary/aromatic N) is 1. The van der Waals surface area contributed by atoms with Gasteiger partial charge in [0.15, 0.2) is 0 Å². The smallest absolute Gasteiger partial charge is 0.120 e. The van der Waals surface area contributed by atoms with Crippen molar-refractivity contribution in [3.8, 4) is 0 Å². The lowest BCUT2D eigenvalue weighted by Crippen LogP contribution is -2.21. The molecule has 1 aliphatic heterocycles. The largest absolute Gasteiger partial charge is 0.362 e. The summed E-state index contributed by atoms with van der Waals surface area (Å²) in [5.74, 6) is 0.892. The highest BCUT2D eigenvalue weighted by atomic mass is 15.1. The SMILES string of the molecule is C=CC1=NCC(c2cccc3ccccc23)N1. The lowest BCUT2D eigenvalue weighted by Gasteiger charge is -2.14. The predicted octanol–water partition coefficient (Wildman–Crippen LogP) is 3.07. The summed E-state index contributed by atoms with van der Waals surface area (Å²) < 4.78 is 0. The highest BCUT2D eigenvalue weighted by Gasteiger charge is 2.18. The van der Waals surface area contributed by atoms with Crippen LogP contribution in [0.3, 0.4) is 0 Å². The van der Waals surface area contributed by atoms with E-state index >= 15 is 0 Å². The van der Waals surface area contributed by atoms with Crippen molar-refractivity contribution in [2.45, 2.75) is 6.04 Å². The minimum atomic E-state index is 0.272. The summed E-state index contributed by atoms with van der Waals surface area (Å²) in [5, 5.41) is 5.96. The first kappa shape index (κ1) is 10.1. The second-order valence-electron chi connectivity index (χ2n) is 4.20. The van der Waals surface area contributed by atoms with Gasteiger partial charge in [0.2, 0.25) is 0 Å². The summed E-state index contributed by atoms with van der Waals surface area (Å²) in [5.41, 5.74) is 1.31. The van der Waals surface area contributed by atoms with Gasteiger partial charge in [-0.2, -0.15) is 0 Å². The number of amidine groups is 1. The summed E-state index contributed by atoms with van der Waals surface area (Å²) in [4.78, 5) is 4.41. The third kappa shape index (κ3) is 1.72. The second-order valence-corrected chi connectivity index (χ2v) is 4.20. The van der Waals surface area contributed by atoms with E-state index in [4.69, 9.17) is 0 Å². The summed E-state index contributed by atoms with van der Waals surface area (Å²) in [6, 6.07) is 15.1. The molecule has 1 unspecified atom stereocenters. The first-order valence-corrected chi connectivity index (χ1v) is 5.79. The van der Waals surface area contributed by atoms with Gasteiger partial charge in [-0.05, 0) is 22.4 Å². The number of fused-ring (bicyclic) bond motifs is 1. The fourth-order valence-corrected chi connectivity index (χ4v) is 2.31. The molecule has 0 saturated heterocycles. The van der Waals surface area contributed by atoms with Gasteiger partial charge in [0, 0.05) is 0 Å². The lowest BCUT2D eigenvalue weighted by molar-refractivity contribution is 0.716. The van der Waals surface area contributed by atoms with E-state index in [2.05, 4.69) is 59.4 Å². The average molecular weight is 222 g/mol. The molecule has 3 rings (SSSR count). The van der Waals surface area contributed by atoms with E-state index in [1.807, 2.05) is 0 Å². The van der Waals surface area contributed by atoms with Crippen LogP contribution in [0.2, 0.25) is 0 Å². The second kappa shape index (κ2) is 4.06. The van der Waals surface area contributed by atoms with Crippen LogP contribution in [0.15, 0.2) is 60.1 Å². The van der Waals surface area contributed by atoms with Gasteiger partial charge in [-0.25, -0.2) is 0 Å². The van der Waals surface area contributed by atoms with Crippen LogP contribution in [0.4, 0.5) is 0 Å². The van der Waals surface area contributed by atoms with Gasteiger partial charge in [0.05, 0.1) is 12.6 Å². The van der Waals surface area contributed by atoms with E-state index < -0.39 is 0 Å². The van der Waals surface area contributed by atoms with E-state index in [-0.39, 0.29) is 6.04 Å². The Hall–Kier alpha value is -2.09. The fraction of sp³-hybridized carbons (Fsp3) is 0.133. The number of benzene rings is 2. The number of nitrogens with one attached hydrogen (secondary N) is 1. The lowest BCUT2D eigenvalue weighted by atomic mass is 9.99. The zero-order valence-electron chi connectivity index (χ0n) is 9.56. The molecule has 2 nitrogen and oxygen atoms in total. The molecule has 0 fully saturated rings. The zero-order valence-corrected chi connectivity index (χ0v) is 9.56. The Balaban J connectivity index is 2.04. The summed E-state index contributed by atoms with van der Waals surface area (Å²) in [7, 11) is 0. The molecule has 2 aromatic carbocycles. The minimum Gasteiger partial charge on any atom is -0.362 e. The third-order valence-electron chi connectivity index (χ3n) is 3.16. The van der Waals surface area contributed by atoms with Crippen molar-refractivity contribution in [1.29, 1.82) is 0 Å². The van der Waals surface area contributed by atoms with Gasteiger partial charge in [0.1, 0.15) is 5.84 Å². The van der Waals surface area contributed by atoms with E-state index in [9.17, 15) is 0 Å². The molecule has 1 N–H and O–H groups in total. The van der Waals surface area contributed by atoms with E-state index in [1.54, 1.807) is 6.08 Å². The molecular formula is C15H14N2. The van der Waals surface area contributed by atoms with Gasteiger partial charge >= 0.3 is 0 Å². The molecular weight excluding hydrogens is 208 g/mol. The highest BCUT2D eigenvalue weighted by molar-refractivity contribution is 5.95. The van der Waals surface area contributed by atoms with E-state index in [1.165, 1.54) is 16.3 Å². The Bertz CT molecular complexity index is 593. The molecule has 84 valence electrons. The predicted molar refractivity (Wildman–Crippen MR) is 72.3 cm³/mol. The molecule has 0 radical (unpaired) electrons. The van der Waals surface area contributed by atoms with Crippen LogP contribution in [-0.2, 0) is 0 Å². The molecule has 17 heavy (non-hydrogen) atoms.